The van der Waals surface area contributed by atoms with Crippen molar-refractivity contribution in [1.82, 2.24) is 25.7 Å². The number of nitrogens with one attached hydrogen (secondary N) is 3. The van der Waals surface area contributed by atoms with E-state index in [1.165, 1.54) is 6.07 Å². The molecule has 1 aromatic carbocycles. The van der Waals surface area contributed by atoms with Gasteiger partial charge in [0.2, 0.25) is 0 Å². The van der Waals surface area contributed by atoms with Crippen molar-refractivity contribution in [2.24, 2.45) is 0 Å². The predicted molar refractivity (Wildman–Crippen MR) is 91.2 cm³/mol. The van der Waals surface area contributed by atoms with Crippen LogP contribution in [0.1, 0.15) is 33.9 Å². The van der Waals surface area contributed by atoms with Crippen molar-refractivity contribution in [3.05, 3.63) is 65.0 Å². The van der Waals surface area contributed by atoms with Gasteiger partial charge in [-0.3, -0.25) is 15.0 Å². The molecule has 4 rings (SSSR count). The first kappa shape index (κ1) is 16.3. The highest BCUT2D eigenvalue weighted by Crippen LogP contribution is 2.19. The fraction of sp³-hybridized carbons (Fsp3) is 0.278. The number of hydrogen-bond donors (Lipinski definition) is 3. The molecule has 1 amide bonds. The van der Waals surface area contributed by atoms with E-state index in [9.17, 15) is 9.18 Å². The molecular formula is C18H18FN5O2. The van der Waals surface area contributed by atoms with Crippen LogP contribution >= 0.6 is 0 Å². The molecule has 2 aromatic heterocycles. The maximum Gasteiger partial charge on any atom is 0.272 e. The van der Waals surface area contributed by atoms with Crippen LogP contribution in [0, 0.1) is 5.82 Å². The van der Waals surface area contributed by atoms with Gasteiger partial charge in [0.25, 0.3) is 5.91 Å². The van der Waals surface area contributed by atoms with Crippen LogP contribution in [0.15, 0.2) is 36.5 Å². The lowest BCUT2D eigenvalue weighted by atomic mass is 9.93. The van der Waals surface area contributed by atoms with Gasteiger partial charge < -0.3 is 10.1 Å². The highest BCUT2D eigenvalue weighted by atomic mass is 19.1. The molecule has 0 unspecified atom stereocenters. The van der Waals surface area contributed by atoms with Gasteiger partial charge in [-0.25, -0.2) is 4.39 Å². The van der Waals surface area contributed by atoms with Crippen LogP contribution < -0.4 is 10.1 Å². The first-order valence-electron chi connectivity index (χ1n) is 8.42. The molecule has 26 heavy (non-hydrogen) atoms. The summed E-state index contributed by atoms with van der Waals surface area (Å²) in [7, 11) is 0. The van der Waals surface area contributed by atoms with E-state index in [1.54, 1.807) is 30.5 Å². The molecule has 0 saturated heterocycles. The maximum atomic E-state index is 13.5. The minimum Gasteiger partial charge on any atom is -0.484 e. The summed E-state index contributed by atoms with van der Waals surface area (Å²) in [4.78, 5) is 12.4. The van der Waals surface area contributed by atoms with Crippen LogP contribution in [0.4, 0.5) is 4.39 Å². The number of nitrogens with zero attached hydrogens (tertiary/aromatic N) is 2. The molecule has 0 aliphatic heterocycles. The summed E-state index contributed by atoms with van der Waals surface area (Å²) in [5, 5.41) is 16.8. The first-order valence-corrected chi connectivity index (χ1v) is 8.42. The summed E-state index contributed by atoms with van der Waals surface area (Å²) in [6.07, 6.45) is 4.28. The molecule has 1 aliphatic carbocycles. The van der Waals surface area contributed by atoms with Crippen molar-refractivity contribution in [3.8, 4) is 5.75 Å². The van der Waals surface area contributed by atoms with Crippen molar-refractivity contribution in [3.63, 3.8) is 0 Å². The zero-order chi connectivity index (χ0) is 17.9. The van der Waals surface area contributed by atoms with Gasteiger partial charge in [-0.1, -0.05) is 12.1 Å². The lowest BCUT2D eigenvalue weighted by molar-refractivity contribution is 0.0928. The SMILES string of the molecule is O=C(N[C@H]1CCc2[nH]ncc2C1)c1cc(COc2ccccc2F)[nH]n1. The number of carbonyl (C=O) groups excluding carboxylic acids is 1. The van der Waals surface area contributed by atoms with E-state index in [0.717, 1.165) is 30.5 Å². The number of aromatic amines is 2. The van der Waals surface area contributed by atoms with Crippen molar-refractivity contribution >= 4 is 5.91 Å². The Morgan fingerprint density at radius 3 is 3.12 bits per heavy atom. The quantitative estimate of drug-likeness (QED) is 0.653. The Bertz CT molecular complexity index is 920. The van der Waals surface area contributed by atoms with Crippen LogP contribution in [0.3, 0.4) is 0 Å². The van der Waals surface area contributed by atoms with Crippen molar-refractivity contribution in [2.45, 2.75) is 31.9 Å². The van der Waals surface area contributed by atoms with E-state index < -0.39 is 5.82 Å². The molecular weight excluding hydrogens is 337 g/mol. The Morgan fingerprint density at radius 1 is 1.35 bits per heavy atom. The van der Waals surface area contributed by atoms with Crippen LogP contribution in [0.5, 0.6) is 5.75 Å². The standard InChI is InChI=1S/C18H18FN5O2/c19-14-3-1-2-4-17(14)26-10-13-8-16(24-22-13)18(25)21-12-5-6-15-11(7-12)9-20-23-15/h1-4,8-9,12H,5-7,10H2,(H,20,23)(H,21,25)(H,22,24)/t12-/m0/s1. The van der Waals surface area contributed by atoms with Gasteiger partial charge in [0.1, 0.15) is 12.3 Å². The van der Waals surface area contributed by atoms with Crippen molar-refractivity contribution in [1.29, 1.82) is 0 Å². The van der Waals surface area contributed by atoms with E-state index in [-0.39, 0.29) is 30.0 Å². The van der Waals surface area contributed by atoms with Crippen LogP contribution in [0.25, 0.3) is 0 Å². The first-order chi connectivity index (χ1) is 12.7. The number of benzene rings is 1. The minimum absolute atomic E-state index is 0.0578. The van der Waals surface area contributed by atoms with Crippen LogP contribution in [-0.4, -0.2) is 32.3 Å². The van der Waals surface area contributed by atoms with E-state index in [4.69, 9.17) is 4.74 Å². The molecule has 3 N–H and O–H groups in total. The Kier molecular flexibility index (Phi) is 4.39. The molecule has 1 atom stereocenters. The third-order valence-corrected chi connectivity index (χ3v) is 4.44. The number of fused-ring (bicyclic) bond motifs is 1. The van der Waals surface area contributed by atoms with Gasteiger partial charge in [0, 0.05) is 11.7 Å². The second-order valence-corrected chi connectivity index (χ2v) is 6.28. The number of para-hydroxylation sites is 1. The zero-order valence-electron chi connectivity index (χ0n) is 14.0. The topological polar surface area (TPSA) is 95.7 Å². The molecule has 0 saturated carbocycles. The molecule has 2 heterocycles. The van der Waals surface area contributed by atoms with Crippen molar-refractivity contribution < 1.29 is 13.9 Å². The second kappa shape index (κ2) is 6.99. The fourth-order valence-corrected chi connectivity index (χ4v) is 3.07. The number of amides is 1. The zero-order valence-corrected chi connectivity index (χ0v) is 14.0. The average molecular weight is 355 g/mol. The van der Waals surface area contributed by atoms with Gasteiger partial charge in [0.05, 0.1) is 11.9 Å². The number of ether oxygens (including phenoxy) is 1. The summed E-state index contributed by atoms with van der Waals surface area (Å²) in [6.45, 7) is 0.100. The lowest BCUT2D eigenvalue weighted by Crippen LogP contribution is -2.38. The van der Waals surface area contributed by atoms with Gasteiger partial charge in [-0.2, -0.15) is 10.2 Å². The summed E-state index contributed by atoms with van der Waals surface area (Å²) >= 11 is 0. The molecule has 0 spiro atoms. The Labute approximate surface area is 149 Å². The molecule has 0 radical (unpaired) electrons. The fourth-order valence-electron chi connectivity index (χ4n) is 3.07. The Morgan fingerprint density at radius 2 is 2.23 bits per heavy atom. The van der Waals surface area contributed by atoms with Crippen molar-refractivity contribution in [2.75, 3.05) is 0 Å². The van der Waals surface area contributed by atoms with Gasteiger partial charge >= 0.3 is 0 Å². The monoisotopic (exact) mass is 355 g/mol. The second-order valence-electron chi connectivity index (χ2n) is 6.28. The smallest absolute Gasteiger partial charge is 0.272 e. The highest BCUT2D eigenvalue weighted by molar-refractivity contribution is 5.92. The summed E-state index contributed by atoms with van der Waals surface area (Å²) < 4.78 is 19.0. The lowest BCUT2D eigenvalue weighted by Gasteiger charge is -2.22. The van der Waals surface area contributed by atoms with E-state index >= 15 is 0 Å². The molecule has 0 bridgehead atoms. The van der Waals surface area contributed by atoms with E-state index in [2.05, 4.69) is 25.7 Å². The maximum absolute atomic E-state index is 13.5. The summed E-state index contributed by atoms with van der Waals surface area (Å²) in [6, 6.07) is 7.84. The highest BCUT2D eigenvalue weighted by Gasteiger charge is 2.22. The number of rotatable bonds is 5. The van der Waals surface area contributed by atoms with Crippen LogP contribution in [0.2, 0.25) is 0 Å². The minimum atomic E-state index is -0.430. The normalized spacial score (nSPS) is 16.1. The predicted octanol–water partition coefficient (Wildman–Crippen LogP) is 2.14. The summed E-state index contributed by atoms with van der Waals surface area (Å²) in [5.74, 6) is -0.512. The molecule has 8 heteroatoms. The number of halogens is 1. The molecule has 0 fully saturated rings. The third-order valence-electron chi connectivity index (χ3n) is 4.44. The molecule has 1 aliphatic rings. The molecule has 134 valence electrons. The third kappa shape index (κ3) is 3.44. The number of hydrogen-bond acceptors (Lipinski definition) is 4. The number of aromatic nitrogens is 4. The Hall–Kier alpha value is -3.16. The number of aryl methyl sites for hydroxylation is 1. The van der Waals surface area contributed by atoms with Crippen LogP contribution in [-0.2, 0) is 19.4 Å². The van der Waals surface area contributed by atoms with E-state index in [1.807, 2.05) is 0 Å². The molecule has 7 nitrogen and oxygen atoms in total. The summed E-state index contributed by atoms with van der Waals surface area (Å²) in [5.41, 5.74) is 3.17. The number of H-pyrrole nitrogens is 2. The van der Waals surface area contributed by atoms with Gasteiger partial charge in [-0.15, -0.1) is 0 Å². The van der Waals surface area contributed by atoms with Gasteiger partial charge in [-0.05, 0) is 43.0 Å². The Balaban J connectivity index is 1.34. The average Bonchev–Trinajstić information content (AvgIpc) is 3.30. The number of carbonyl (C=O) groups is 1. The molecule has 3 aromatic rings. The van der Waals surface area contributed by atoms with E-state index in [0.29, 0.717) is 5.69 Å². The largest absolute Gasteiger partial charge is 0.484 e. The van der Waals surface area contributed by atoms with Gasteiger partial charge in [0.15, 0.2) is 11.6 Å².